The van der Waals surface area contributed by atoms with Gasteiger partial charge in [-0.15, -0.1) is 11.3 Å². The van der Waals surface area contributed by atoms with E-state index in [0.717, 1.165) is 37.7 Å². The third-order valence-corrected chi connectivity index (χ3v) is 5.37. The molecule has 0 bridgehead atoms. The summed E-state index contributed by atoms with van der Waals surface area (Å²) in [4.78, 5) is 27.8. The first-order valence-corrected chi connectivity index (χ1v) is 8.05. The first-order valence-electron chi connectivity index (χ1n) is 7.17. The zero-order chi connectivity index (χ0) is 14.1. The average molecular weight is 293 g/mol. The Morgan fingerprint density at radius 3 is 2.80 bits per heavy atom. The van der Waals surface area contributed by atoms with Crippen molar-refractivity contribution in [1.82, 2.24) is 4.90 Å². The molecule has 2 heterocycles. The number of hydrogen-bond acceptors (Lipinski definition) is 4. The number of thiophene rings is 1. The van der Waals surface area contributed by atoms with Gasteiger partial charge in [0.2, 0.25) is 5.91 Å². The second-order valence-electron chi connectivity index (χ2n) is 5.49. The molecule has 1 aliphatic heterocycles. The van der Waals surface area contributed by atoms with Crippen LogP contribution in [0.2, 0.25) is 0 Å². The Hall–Kier alpha value is -1.36. The number of fused-ring (bicyclic) bond motifs is 1. The van der Waals surface area contributed by atoms with E-state index in [-0.39, 0.29) is 17.8 Å². The van der Waals surface area contributed by atoms with Gasteiger partial charge in [-0.25, -0.2) is 4.79 Å². The molecule has 3 rings (SSSR count). The number of amides is 1. The lowest BCUT2D eigenvalue weighted by molar-refractivity contribution is -0.155. The monoisotopic (exact) mass is 293 g/mol. The summed E-state index contributed by atoms with van der Waals surface area (Å²) >= 11 is 1.66. The third kappa shape index (κ3) is 2.24. The van der Waals surface area contributed by atoms with Gasteiger partial charge < -0.3 is 9.64 Å². The van der Waals surface area contributed by atoms with E-state index < -0.39 is 6.04 Å². The Kier molecular flexibility index (Phi) is 3.78. The van der Waals surface area contributed by atoms with Crippen LogP contribution in [0.1, 0.15) is 42.2 Å². The van der Waals surface area contributed by atoms with Gasteiger partial charge in [-0.1, -0.05) is 12.8 Å². The standard InChI is InChI=1S/C15H19NO3S/c1-19-15(18)13-11-7-9-20-12(11)6-8-16(13)14(17)10-4-2-3-5-10/h7,9-10,13H,2-6,8H2,1H3. The van der Waals surface area contributed by atoms with Gasteiger partial charge in [0.15, 0.2) is 6.04 Å². The number of methoxy groups -OCH3 is 1. The molecule has 5 heteroatoms. The first-order chi connectivity index (χ1) is 9.72. The van der Waals surface area contributed by atoms with Crippen molar-refractivity contribution in [2.24, 2.45) is 5.92 Å². The number of rotatable bonds is 2. The fraction of sp³-hybridized carbons (Fsp3) is 0.600. The molecule has 1 aliphatic carbocycles. The van der Waals surface area contributed by atoms with Crippen LogP contribution in [-0.4, -0.2) is 30.4 Å². The predicted octanol–water partition coefficient (Wildman–Crippen LogP) is 2.54. The zero-order valence-corrected chi connectivity index (χ0v) is 12.4. The molecule has 2 aliphatic rings. The van der Waals surface area contributed by atoms with E-state index in [1.54, 1.807) is 16.2 Å². The molecule has 1 aromatic heterocycles. The van der Waals surface area contributed by atoms with Crippen LogP contribution < -0.4 is 0 Å². The highest BCUT2D eigenvalue weighted by Crippen LogP contribution is 2.37. The predicted molar refractivity (Wildman–Crippen MR) is 76.5 cm³/mol. The van der Waals surface area contributed by atoms with Gasteiger partial charge >= 0.3 is 5.97 Å². The van der Waals surface area contributed by atoms with Crippen molar-refractivity contribution in [3.05, 3.63) is 21.9 Å². The van der Waals surface area contributed by atoms with Crippen LogP contribution in [0.5, 0.6) is 0 Å². The topological polar surface area (TPSA) is 46.6 Å². The highest BCUT2D eigenvalue weighted by Gasteiger charge is 2.40. The van der Waals surface area contributed by atoms with Gasteiger partial charge in [-0.3, -0.25) is 4.79 Å². The van der Waals surface area contributed by atoms with Crippen LogP contribution in [0.3, 0.4) is 0 Å². The summed E-state index contributed by atoms with van der Waals surface area (Å²) in [5.41, 5.74) is 0.958. The molecule has 1 aromatic rings. The first kappa shape index (κ1) is 13.6. The molecule has 0 saturated heterocycles. The van der Waals surface area contributed by atoms with Gasteiger partial charge in [-0.2, -0.15) is 0 Å². The maximum atomic E-state index is 12.7. The Labute approximate surface area is 122 Å². The third-order valence-electron chi connectivity index (χ3n) is 4.38. The normalized spacial score (nSPS) is 22.6. The maximum absolute atomic E-state index is 12.7. The van der Waals surface area contributed by atoms with Crippen molar-refractivity contribution in [3.8, 4) is 0 Å². The van der Waals surface area contributed by atoms with Crippen LogP contribution in [0.25, 0.3) is 0 Å². The molecule has 0 N–H and O–H groups in total. The molecule has 0 aromatic carbocycles. The van der Waals surface area contributed by atoms with Gasteiger partial charge in [0.1, 0.15) is 0 Å². The lowest BCUT2D eigenvalue weighted by atomic mass is 9.97. The van der Waals surface area contributed by atoms with E-state index >= 15 is 0 Å². The van der Waals surface area contributed by atoms with E-state index in [1.165, 1.54) is 12.0 Å². The van der Waals surface area contributed by atoms with Crippen LogP contribution in [-0.2, 0) is 20.7 Å². The molecule has 0 radical (unpaired) electrons. The molecule has 1 saturated carbocycles. The van der Waals surface area contributed by atoms with E-state index in [9.17, 15) is 9.59 Å². The number of hydrogen-bond donors (Lipinski definition) is 0. The van der Waals surface area contributed by atoms with Crippen molar-refractivity contribution in [2.45, 2.75) is 38.1 Å². The van der Waals surface area contributed by atoms with Crippen LogP contribution in [0, 0.1) is 5.92 Å². The quantitative estimate of drug-likeness (QED) is 0.787. The van der Waals surface area contributed by atoms with Gasteiger partial charge in [0.25, 0.3) is 0 Å². The minimum Gasteiger partial charge on any atom is -0.467 e. The lowest BCUT2D eigenvalue weighted by Gasteiger charge is -2.35. The molecule has 108 valence electrons. The molecule has 1 amide bonds. The van der Waals surface area contributed by atoms with E-state index in [0.29, 0.717) is 6.54 Å². The number of carbonyl (C=O) groups excluding carboxylic acids is 2. The number of esters is 1. The number of nitrogens with zero attached hydrogens (tertiary/aromatic N) is 1. The molecule has 4 nitrogen and oxygen atoms in total. The molecule has 1 atom stereocenters. The number of carbonyl (C=O) groups is 2. The van der Waals surface area contributed by atoms with Gasteiger partial charge in [0.05, 0.1) is 7.11 Å². The molecule has 1 fully saturated rings. The Balaban J connectivity index is 1.89. The van der Waals surface area contributed by atoms with Crippen LogP contribution in [0.15, 0.2) is 11.4 Å². The molecular formula is C15H19NO3S. The van der Waals surface area contributed by atoms with Gasteiger partial charge in [0, 0.05) is 17.3 Å². The van der Waals surface area contributed by atoms with Crippen molar-refractivity contribution < 1.29 is 14.3 Å². The highest BCUT2D eigenvalue weighted by atomic mass is 32.1. The summed E-state index contributed by atoms with van der Waals surface area (Å²) in [6.07, 6.45) is 5.01. The smallest absolute Gasteiger partial charge is 0.333 e. The number of ether oxygens (including phenoxy) is 1. The van der Waals surface area contributed by atoms with Crippen LogP contribution in [0.4, 0.5) is 0 Å². The summed E-state index contributed by atoms with van der Waals surface area (Å²) in [5, 5.41) is 1.99. The zero-order valence-electron chi connectivity index (χ0n) is 11.6. The van der Waals surface area contributed by atoms with E-state index in [1.807, 2.05) is 11.4 Å². The SMILES string of the molecule is COC(=O)C1c2ccsc2CCN1C(=O)C1CCCC1. The van der Waals surface area contributed by atoms with Crippen molar-refractivity contribution in [3.63, 3.8) is 0 Å². The van der Waals surface area contributed by atoms with Crippen molar-refractivity contribution in [2.75, 3.05) is 13.7 Å². The highest BCUT2D eigenvalue weighted by molar-refractivity contribution is 7.10. The second-order valence-corrected chi connectivity index (χ2v) is 6.49. The lowest BCUT2D eigenvalue weighted by Crippen LogP contribution is -2.45. The minimum absolute atomic E-state index is 0.0994. The molecular weight excluding hydrogens is 274 g/mol. The summed E-state index contributed by atoms with van der Waals surface area (Å²) in [7, 11) is 1.39. The van der Waals surface area contributed by atoms with Crippen LogP contribution >= 0.6 is 11.3 Å². The summed E-state index contributed by atoms with van der Waals surface area (Å²) in [5.74, 6) is -0.0900. The van der Waals surface area contributed by atoms with E-state index in [4.69, 9.17) is 4.74 Å². The van der Waals surface area contributed by atoms with Gasteiger partial charge in [-0.05, 0) is 36.3 Å². The maximum Gasteiger partial charge on any atom is 0.333 e. The average Bonchev–Trinajstić information content (AvgIpc) is 3.14. The fourth-order valence-electron chi connectivity index (χ4n) is 3.33. The Morgan fingerprint density at radius 2 is 2.10 bits per heavy atom. The summed E-state index contributed by atoms with van der Waals surface area (Å²) < 4.78 is 4.93. The summed E-state index contributed by atoms with van der Waals surface area (Å²) in [6, 6.07) is 1.42. The minimum atomic E-state index is -0.539. The fourth-order valence-corrected chi connectivity index (χ4v) is 4.23. The Morgan fingerprint density at radius 1 is 1.35 bits per heavy atom. The molecule has 20 heavy (non-hydrogen) atoms. The molecule has 1 unspecified atom stereocenters. The Bertz CT molecular complexity index is 519. The largest absolute Gasteiger partial charge is 0.467 e. The van der Waals surface area contributed by atoms with E-state index in [2.05, 4.69) is 0 Å². The molecule has 0 spiro atoms. The summed E-state index contributed by atoms with van der Waals surface area (Å²) in [6.45, 7) is 0.628. The van der Waals surface area contributed by atoms with Crippen molar-refractivity contribution >= 4 is 23.2 Å². The second kappa shape index (κ2) is 5.56. The van der Waals surface area contributed by atoms with Crippen molar-refractivity contribution in [1.29, 1.82) is 0 Å².